The summed E-state index contributed by atoms with van der Waals surface area (Å²) in [5.41, 5.74) is 0.212. The minimum absolute atomic E-state index is 0.0435. The van der Waals surface area contributed by atoms with Gasteiger partial charge in [0.1, 0.15) is 0 Å². The molecule has 0 spiro atoms. The number of H-pyrrole nitrogens is 1. The lowest BCUT2D eigenvalue weighted by Gasteiger charge is -2.15. The Morgan fingerprint density at radius 3 is 2.50 bits per heavy atom. The van der Waals surface area contributed by atoms with E-state index >= 15 is 0 Å². The predicted molar refractivity (Wildman–Crippen MR) is 107 cm³/mol. The van der Waals surface area contributed by atoms with Crippen LogP contribution in [0.15, 0.2) is 58.7 Å². The lowest BCUT2D eigenvalue weighted by atomic mass is 10.1. The van der Waals surface area contributed by atoms with E-state index in [1.807, 2.05) is 0 Å². The topological polar surface area (TPSA) is 91.9 Å². The third-order valence-electron chi connectivity index (χ3n) is 4.29. The Morgan fingerprint density at radius 1 is 1.13 bits per heavy atom. The number of aryl methyl sites for hydroxylation is 2. The van der Waals surface area contributed by atoms with Gasteiger partial charge in [0.25, 0.3) is 10.0 Å². The first kappa shape index (κ1) is 22.0. The van der Waals surface area contributed by atoms with Gasteiger partial charge in [-0.05, 0) is 49.2 Å². The summed E-state index contributed by atoms with van der Waals surface area (Å²) in [6.07, 6.45) is -1.75. The third-order valence-corrected chi connectivity index (χ3v) is 7.07. The molecule has 160 valence electrons. The fourth-order valence-corrected chi connectivity index (χ4v) is 5.11. The van der Waals surface area contributed by atoms with E-state index in [-0.39, 0.29) is 21.9 Å². The molecule has 0 amide bonds. The molecule has 1 unspecified atom stereocenters. The molecule has 11 heteroatoms. The van der Waals surface area contributed by atoms with Crippen LogP contribution in [-0.2, 0) is 32.8 Å². The Labute approximate surface area is 174 Å². The second kappa shape index (κ2) is 8.23. The number of imidazole rings is 1. The first-order valence-electron chi connectivity index (χ1n) is 8.64. The summed E-state index contributed by atoms with van der Waals surface area (Å²) in [4.78, 5) is 6.34. The first-order chi connectivity index (χ1) is 14.0. The molecule has 3 aromatic rings. The van der Waals surface area contributed by atoms with Gasteiger partial charge in [-0.1, -0.05) is 12.1 Å². The molecule has 6 nitrogen and oxygen atoms in total. The van der Waals surface area contributed by atoms with Crippen LogP contribution >= 0.6 is 0 Å². The van der Waals surface area contributed by atoms with Crippen LogP contribution in [0, 0.1) is 13.8 Å². The van der Waals surface area contributed by atoms with Crippen LogP contribution in [-0.4, -0.2) is 22.6 Å². The molecule has 0 radical (unpaired) electrons. The van der Waals surface area contributed by atoms with Gasteiger partial charge in [-0.15, -0.1) is 0 Å². The maximum absolute atomic E-state index is 13.2. The number of anilines is 1. The van der Waals surface area contributed by atoms with Crippen molar-refractivity contribution >= 4 is 26.5 Å². The molecule has 2 aromatic carbocycles. The van der Waals surface area contributed by atoms with E-state index in [1.54, 1.807) is 13.0 Å². The molecule has 0 saturated carbocycles. The molecule has 3 rings (SSSR count). The highest BCUT2D eigenvalue weighted by atomic mass is 32.2. The van der Waals surface area contributed by atoms with Crippen molar-refractivity contribution in [1.82, 2.24) is 9.97 Å². The van der Waals surface area contributed by atoms with Gasteiger partial charge in [0, 0.05) is 11.9 Å². The second-order valence-corrected chi connectivity index (χ2v) is 9.75. The molecule has 2 N–H and O–H groups in total. The number of hydrogen-bond acceptors (Lipinski definition) is 4. The van der Waals surface area contributed by atoms with Crippen molar-refractivity contribution in [1.29, 1.82) is 0 Å². The molecule has 1 heterocycles. The summed E-state index contributed by atoms with van der Waals surface area (Å²) in [5, 5.41) is 0. The number of aromatic amines is 1. The van der Waals surface area contributed by atoms with E-state index in [2.05, 4.69) is 14.7 Å². The third kappa shape index (κ3) is 4.90. The molecular weight excluding hydrogens is 439 g/mol. The van der Waals surface area contributed by atoms with E-state index in [0.29, 0.717) is 17.3 Å². The zero-order valence-corrected chi connectivity index (χ0v) is 17.6. The van der Waals surface area contributed by atoms with Gasteiger partial charge in [0.2, 0.25) is 0 Å². The van der Waals surface area contributed by atoms with Crippen LogP contribution in [0.2, 0.25) is 0 Å². The van der Waals surface area contributed by atoms with Crippen molar-refractivity contribution in [2.45, 2.75) is 35.6 Å². The monoisotopic (exact) mass is 457 g/mol. The minimum atomic E-state index is -4.68. The molecule has 0 aliphatic rings. The van der Waals surface area contributed by atoms with Gasteiger partial charge >= 0.3 is 6.18 Å². The van der Waals surface area contributed by atoms with Crippen molar-refractivity contribution in [3.63, 3.8) is 0 Å². The van der Waals surface area contributed by atoms with Crippen molar-refractivity contribution in [2.24, 2.45) is 0 Å². The van der Waals surface area contributed by atoms with Gasteiger partial charge in [0.05, 0.1) is 43.9 Å². The minimum Gasteiger partial charge on any atom is -0.348 e. The number of nitrogens with one attached hydrogen (secondary N) is 2. The molecule has 0 aliphatic heterocycles. The zero-order valence-electron chi connectivity index (χ0n) is 15.9. The number of nitrogens with zero attached hydrogens (tertiary/aromatic N) is 1. The van der Waals surface area contributed by atoms with Gasteiger partial charge in [-0.2, -0.15) is 13.2 Å². The summed E-state index contributed by atoms with van der Waals surface area (Å²) in [6, 6.07) is 7.47. The molecule has 1 atom stereocenters. The standard InChI is InChI=1S/C19H18F3N3O3S2/c1-12-3-6-18(29(26)10-14-9-23-11-24-14)17(7-12)25-30(27,28)15-5-4-13(2)16(8-15)19(20,21)22/h3-9,11,25H,10H2,1-2H3,(H,23,24). The van der Waals surface area contributed by atoms with Crippen molar-refractivity contribution in [2.75, 3.05) is 4.72 Å². The Bertz CT molecular complexity index is 1190. The number of halogens is 3. The Hall–Kier alpha value is -2.66. The highest BCUT2D eigenvalue weighted by Crippen LogP contribution is 2.34. The maximum Gasteiger partial charge on any atom is 0.416 e. The summed E-state index contributed by atoms with van der Waals surface area (Å²) < 4.78 is 80.2. The number of aromatic nitrogens is 2. The molecule has 0 bridgehead atoms. The Kier molecular flexibility index (Phi) is 6.04. The molecule has 30 heavy (non-hydrogen) atoms. The predicted octanol–water partition coefficient (Wildman–Crippen LogP) is 4.15. The van der Waals surface area contributed by atoms with E-state index in [1.165, 1.54) is 31.6 Å². The van der Waals surface area contributed by atoms with E-state index in [0.717, 1.165) is 12.1 Å². The average Bonchev–Trinajstić information content (AvgIpc) is 3.13. The highest BCUT2D eigenvalue weighted by Gasteiger charge is 2.33. The van der Waals surface area contributed by atoms with Gasteiger partial charge in [-0.25, -0.2) is 13.4 Å². The van der Waals surface area contributed by atoms with Crippen LogP contribution in [0.1, 0.15) is 22.4 Å². The highest BCUT2D eigenvalue weighted by molar-refractivity contribution is 7.92. The van der Waals surface area contributed by atoms with Gasteiger partial charge < -0.3 is 4.98 Å². The normalized spacial score (nSPS) is 13.2. The summed E-state index contributed by atoms with van der Waals surface area (Å²) >= 11 is 0. The second-order valence-electron chi connectivity index (χ2n) is 6.65. The van der Waals surface area contributed by atoms with Crippen molar-refractivity contribution < 1.29 is 25.8 Å². The van der Waals surface area contributed by atoms with Crippen molar-refractivity contribution in [3.8, 4) is 0 Å². The van der Waals surface area contributed by atoms with Gasteiger partial charge in [-0.3, -0.25) is 8.93 Å². The zero-order chi connectivity index (χ0) is 22.1. The molecule has 0 saturated heterocycles. The fraction of sp³-hybridized carbons (Fsp3) is 0.211. The largest absolute Gasteiger partial charge is 0.416 e. The Balaban J connectivity index is 1.97. The number of alkyl halides is 3. The molecule has 0 aliphatic carbocycles. The van der Waals surface area contributed by atoms with E-state index in [4.69, 9.17) is 0 Å². The average molecular weight is 457 g/mol. The SMILES string of the molecule is Cc1ccc(S(=O)Cc2cnc[nH]2)c(NS(=O)(=O)c2ccc(C)c(C(F)(F)F)c2)c1. The first-order valence-corrected chi connectivity index (χ1v) is 11.4. The molecular formula is C19H18F3N3O3S2. The van der Waals surface area contributed by atoms with Crippen LogP contribution in [0.5, 0.6) is 0 Å². The summed E-state index contributed by atoms with van der Waals surface area (Å²) in [5.74, 6) is 0.0700. The fourth-order valence-electron chi connectivity index (χ4n) is 2.78. The lowest BCUT2D eigenvalue weighted by Crippen LogP contribution is -2.17. The number of sulfonamides is 1. The summed E-state index contributed by atoms with van der Waals surface area (Å²) in [7, 11) is -5.98. The van der Waals surface area contributed by atoms with E-state index < -0.39 is 37.5 Å². The number of hydrogen-bond donors (Lipinski definition) is 2. The van der Waals surface area contributed by atoms with Crippen LogP contribution < -0.4 is 4.72 Å². The van der Waals surface area contributed by atoms with Crippen LogP contribution in [0.4, 0.5) is 18.9 Å². The quantitative estimate of drug-likeness (QED) is 0.582. The van der Waals surface area contributed by atoms with Crippen LogP contribution in [0.25, 0.3) is 0 Å². The van der Waals surface area contributed by atoms with Crippen LogP contribution in [0.3, 0.4) is 0 Å². The lowest BCUT2D eigenvalue weighted by molar-refractivity contribution is -0.138. The van der Waals surface area contributed by atoms with Gasteiger partial charge in [0.15, 0.2) is 0 Å². The smallest absolute Gasteiger partial charge is 0.348 e. The summed E-state index contributed by atoms with van der Waals surface area (Å²) in [6.45, 7) is 2.97. The maximum atomic E-state index is 13.2. The number of rotatable bonds is 6. The van der Waals surface area contributed by atoms with E-state index in [9.17, 15) is 25.8 Å². The molecule has 0 fully saturated rings. The Morgan fingerprint density at radius 2 is 1.87 bits per heavy atom. The van der Waals surface area contributed by atoms with Crippen molar-refractivity contribution in [3.05, 3.63) is 71.3 Å². The number of benzene rings is 2. The molecule has 1 aromatic heterocycles.